The molecule has 0 aliphatic heterocycles. The minimum atomic E-state index is -0.798. The van der Waals surface area contributed by atoms with E-state index in [1.165, 1.54) is 141 Å². The van der Waals surface area contributed by atoms with Gasteiger partial charge in [-0.05, 0) is 57.8 Å². The largest absolute Gasteiger partial charge is 0.462 e. The van der Waals surface area contributed by atoms with Crippen LogP contribution in [0.2, 0.25) is 0 Å². The van der Waals surface area contributed by atoms with E-state index < -0.39 is 6.10 Å². The van der Waals surface area contributed by atoms with Crippen molar-refractivity contribution in [3.05, 3.63) is 60.8 Å². The van der Waals surface area contributed by atoms with E-state index >= 15 is 0 Å². The lowest BCUT2D eigenvalue weighted by atomic mass is 10.0. The van der Waals surface area contributed by atoms with Gasteiger partial charge in [0.15, 0.2) is 6.10 Å². The molecule has 0 radical (unpaired) electrons. The maximum atomic E-state index is 12.8. The lowest BCUT2D eigenvalue weighted by Crippen LogP contribution is -2.30. The average Bonchev–Trinajstić information content (AvgIpc) is 3.26. The molecule has 0 aliphatic rings. The zero-order valence-corrected chi connectivity index (χ0v) is 40.2. The maximum Gasteiger partial charge on any atom is 0.306 e. The summed E-state index contributed by atoms with van der Waals surface area (Å²) in [5, 5.41) is 0. The third-order valence-electron chi connectivity index (χ3n) is 11.1. The summed E-state index contributed by atoms with van der Waals surface area (Å²) >= 11 is 0. The van der Waals surface area contributed by atoms with E-state index in [0.29, 0.717) is 19.3 Å². The third kappa shape index (κ3) is 48.0. The van der Waals surface area contributed by atoms with Crippen LogP contribution in [0.15, 0.2) is 60.8 Å². The molecule has 0 aromatic heterocycles. The van der Waals surface area contributed by atoms with E-state index in [4.69, 9.17) is 14.2 Å². The average molecular weight is 853 g/mol. The zero-order chi connectivity index (χ0) is 44.4. The maximum absolute atomic E-state index is 12.8. The van der Waals surface area contributed by atoms with Gasteiger partial charge < -0.3 is 14.2 Å². The standard InChI is InChI=1S/C55H96O6/c1-4-7-10-13-16-19-22-25-27-30-33-36-39-42-45-48-54(57)60-51-52(50-59-53(56)47-44-41-38-35-32-29-24-21-18-15-12-9-6-3)61-55(58)49-46-43-40-37-34-31-28-26-23-20-17-14-11-8-5-2/h7,10,13,16,19,22,29,32,38,41,52H,4-6,8-9,11-12,14-15,17-18,20-21,23-28,30-31,33-37,39-40,42-51H2,1-3H3/b10-7-,16-13-,22-19-,32-29-,41-38-. The molecule has 6 nitrogen and oxygen atoms in total. The molecule has 1 unspecified atom stereocenters. The van der Waals surface area contributed by atoms with E-state index in [-0.39, 0.29) is 37.5 Å². The summed E-state index contributed by atoms with van der Waals surface area (Å²) in [6.45, 7) is 6.45. The van der Waals surface area contributed by atoms with Gasteiger partial charge in [-0.3, -0.25) is 14.4 Å². The van der Waals surface area contributed by atoms with E-state index in [0.717, 1.165) is 64.2 Å². The topological polar surface area (TPSA) is 78.9 Å². The predicted molar refractivity (Wildman–Crippen MR) is 261 cm³/mol. The number of ether oxygens (including phenoxy) is 3. The number of hydrogen-bond donors (Lipinski definition) is 0. The van der Waals surface area contributed by atoms with Crippen molar-refractivity contribution < 1.29 is 28.6 Å². The van der Waals surface area contributed by atoms with Crippen molar-refractivity contribution in [3.8, 4) is 0 Å². The normalized spacial score (nSPS) is 12.5. The van der Waals surface area contributed by atoms with E-state index in [1.54, 1.807) is 0 Å². The van der Waals surface area contributed by atoms with Crippen molar-refractivity contribution in [2.75, 3.05) is 13.2 Å². The first-order chi connectivity index (χ1) is 30.0. The van der Waals surface area contributed by atoms with Crippen LogP contribution >= 0.6 is 0 Å². The van der Waals surface area contributed by atoms with Crippen molar-refractivity contribution >= 4 is 17.9 Å². The smallest absolute Gasteiger partial charge is 0.306 e. The lowest BCUT2D eigenvalue weighted by Gasteiger charge is -2.18. The Balaban J connectivity index is 4.44. The van der Waals surface area contributed by atoms with Gasteiger partial charge in [0, 0.05) is 19.3 Å². The molecule has 0 saturated carbocycles. The highest BCUT2D eigenvalue weighted by Gasteiger charge is 2.19. The number of hydrogen-bond acceptors (Lipinski definition) is 6. The first-order valence-electron chi connectivity index (χ1n) is 25.8. The summed E-state index contributed by atoms with van der Waals surface area (Å²) in [5.74, 6) is -0.971. The van der Waals surface area contributed by atoms with Crippen LogP contribution in [0.1, 0.15) is 252 Å². The zero-order valence-electron chi connectivity index (χ0n) is 40.2. The number of carbonyl (C=O) groups excluding carboxylic acids is 3. The van der Waals surface area contributed by atoms with Crippen molar-refractivity contribution in [2.24, 2.45) is 0 Å². The van der Waals surface area contributed by atoms with Gasteiger partial charge in [0.05, 0.1) is 0 Å². The molecule has 0 aliphatic carbocycles. The van der Waals surface area contributed by atoms with Crippen LogP contribution < -0.4 is 0 Å². The first kappa shape index (κ1) is 58.1. The van der Waals surface area contributed by atoms with Gasteiger partial charge in [-0.25, -0.2) is 0 Å². The van der Waals surface area contributed by atoms with E-state index in [1.807, 2.05) is 6.08 Å². The number of carbonyl (C=O) groups is 3. The molecule has 0 spiro atoms. The molecule has 0 bridgehead atoms. The van der Waals surface area contributed by atoms with Crippen molar-refractivity contribution in [1.82, 2.24) is 0 Å². The Bertz CT molecular complexity index is 1120. The molecule has 6 heteroatoms. The molecule has 1 atom stereocenters. The van der Waals surface area contributed by atoms with Crippen molar-refractivity contribution in [1.29, 1.82) is 0 Å². The highest BCUT2D eigenvalue weighted by atomic mass is 16.6. The van der Waals surface area contributed by atoms with E-state index in [9.17, 15) is 14.4 Å². The summed E-state index contributed by atoms with van der Waals surface area (Å²) in [6.07, 6.45) is 60.7. The molecule has 0 heterocycles. The Kier molecular flexibility index (Phi) is 47.4. The first-order valence-corrected chi connectivity index (χ1v) is 25.8. The lowest BCUT2D eigenvalue weighted by molar-refractivity contribution is -0.166. The SMILES string of the molecule is CC\C=C/C=C\C=C/CCCCCCCCCC(=O)OCC(COC(=O)CC/C=C\C/C=C\CCCCCCCC)OC(=O)CCCCCCCCCCCCCCCCC. The summed E-state index contributed by atoms with van der Waals surface area (Å²) in [7, 11) is 0. The molecule has 0 fully saturated rings. The number of esters is 3. The number of allylic oxidation sites excluding steroid dienone is 10. The molecule has 61 heavy (non-hydrogen) atoms. The number of rotatable bonds is 46. The van der Waals surface area contributed by atoms with Gasteiger partial charge >= 0.3 is 17.9 Å². The highest BCUT2D eigenvalue weighted by molar-refractivity contribution is 5.71. The molecule has 0 amide bonds. The van der Waals surface area contributed by atoms with Gasteiger partial charge in [0.25, 0.3) is 0 Å². The van der Waals surface area contributed by atoms with Crippen LogP contribution in [0.5, 0.6) is 0 Å². The highest BCUT2D eigenvalue weighted by Crippen LogP contribution is 2.15. The molecular formula is C55H96O6. The second-order valence-electron chi connectivity index (χ2n) is 17.1. The Morgan fingerprint density at radius 3 is 1.21 bits per heavy atom. The molecular weight excluding hydrogens is 757 g/mol. The van der Waals surface area contributed by atoms with Crippen LogP contribution in [0.3, 0.4) is 0 Å². The Morgan fingerprint density at radius 1 is 0.361 bits per heavy atom. The minimum absolute atomic E-state index is 0.0959. The Labute approximate surface area is 377 Å². The third-order valence-corrected chi connectivity index (χ3v) is 11.1. The van der Waals surface area contributed by atoms with Crippen molar-refractivity contribution in [2.45, 2.75) is 258 Å². The Hall–Kier alpha value is -2.89. The Morgan fingerprint density at radius 2 is 0.738 bits per heavy atom. The number of unbranched alkanes of at least 4 members (excludes halogenated alkanes) is 27. The van der Waals surface area contributed by atoms with Crippen LogP contribution in [0.4, 0.5) is 0 Å². The van der Waals surface area contributed by atoms with Gasteiger partial charge in [-0.15, -0.1) is 0 Å². The fourth-order valence-corrected chi connectivity index (χ4v) is 7.20. The summed E-state index contributed by atoms with van der Waals surface area (Å²) in [4.78, 5) is 37.9. The van der Waals surface area contributed by atoms with Crippen molar-refractivity contribution in [3.63, 3.8) is 0 Å². The molecule has 0 rings (SSSR count). The molecule has 0 aromatic rings. The fraction of sp³-hybridized carbons (Fsp3) is 0.764. The van der Waals surface area contributed by atoms with Crippen LogP contribution in [0, 0.1) is 0 Å². The molecule has 0 saturated heterocycles. The minimum Gasteiger partial charge on any atom is -0.462 e. The quantitative estimate of drug-likeness (QED) is 0.0200. The summed E-state index contributed by atoms with van der Waals surface area (Å²) in [5.41, 5.74) is 0. The predicted octanol–water partition coefficient (Wildman–Crippen LogP) is 16.9. The summed E-state index contributed by atoms with van der Waals surface area (Å²) in [6, 6.07) is 0. The summed E-state index contributed by atoms with van der Waals surface area (Å²) < 4.78 is 16.7. The van der Waals surface area contributed by atoms with Gasteiger partial charge in [0.2, 0.25) is 0 Å². The molecule has 0 N–H and O–H groups in total. The second kappa shape index (κ2) is 49.8. The van der Waals surface area contributed by atoms with Gasteiger partial charge in [0.1, 0.15) is 13.2 Å². The molecule has 0 aromatic carbocycles. The van der Waals surface area contributed by atoms with Gasteiger partial charge in [-0.1, -0.05) is 236 Å². The van der Waals surface area contributed by atoms with Crippen LogP contribution in [0.25, 0.3) is 0 Å². The van der Waals surface area contributed by atoms with E-state index in [2.05, 4.69) is 75.5 Å². The molecule has 352 valence electrons. The monoisotopic (exact) mass is 853 g/mol. The van der Waals surface area contributed by atoms with Crippen LogP contribution in [-0.4, -0.2) is 37.2 Å². The van der Waals surface area contributed by atoms with Crippen LogP contribution in [-0.2, 0) is 28.6 Å². The second-order valence-corrected chi connectivity index (χ2v) is 17.1. The van der Waals surface area contributed by atoms with Gasteiger partial charge in [-0.2, -0.15) is 0 Å². The fourth-order valence-electron chi connectivity index (χ4n) is 7.20.